The van der Waals surface area contributed by atoms with Gasteiger partial charge in [-0.25, -0.2) is 9.89 Å². The Morgan fingerprint density at radius 2 is 2.04 bits per heavy atom. The Morgan fingerprint density at radius 3 is 2.78 bits per heavy atom. The number of nitrogens with one attached hydrogen (secondary N) is 1. The first-order valence-corrected chi connectivity index (χ1v) is 7.39. The van der Waals surface area contributed by atoms with E-state index in [-0.39, 0.29) is 5.56 Å². The van der Waals surface area contributed by atoms with Crippen molar-refractivity contribution in [3.63, 3.8) is 0 Å². The quantitative estimate of drug-likeness (QED) is 0.732. The average Bonchev–Trinajstić information content (AvgIpc) is 2.96. The Hall–Kier alpha value is -2.89. The van der Waals surface area contributed by atoms with Crippen LogP contribution in [0.3, 0.4) is 0 Å². The molecular weight excluding hydrogens is 294 g/mol. The highest BCUT2D eigenvalue weighted by atomic mass is 16.5. The summed E-state index contributed by atoms with van der Waals surface area (Å²) < 4.78 is 6.62. The third-order valence-electron chi connectivity index (χ3n) is 3.74. The molecule has 118 valence electrons. The minimum absolute atomic E-state index is 0.295. The van der Waals surface area contributed by atoms with E-state index < -0.39 is 5.97 Å². The van der Waals surface area contributed by atoms with Crippen LogP contribution in [0.1, 0.15) is 22.3 Å². The minimum atomic E-state index is -0.501. The van der Waals surface area contributed by atoms with Crippen molar-refractivity contribution in [2.75, 3.05) is 7.11 Å². The Kier molecular flexibility index (Phi) is 4.23. The van der Waals surface area contributed by atoms with Gasteiger partial charge in [-0.2, -0.15) is 5.10 Å². The summed E-state index contributed by atoms with van der Waals surface area (Å²) in [4.78, 5) is 23.7. The third kappa shape index (κ3) is 3.15. The van der Waals surface area contributed by atoms with Gasteiger partial charge in [0.15, 0.2) is 0 Å². The van der Waals surface area contributed by atoms with E-state index in [1.807, 2.05) is 22.8 Å². The number of hydrogen-bond acceptors (Lipinski definition) is 4. The molecule has 6 heteroatoms. The molecule has 2 aliphatic rings. The topological polar surface area (TPSA) is 77.0 Å². The highest BCUT2D eigenvalue weighted by Crippen LogP contribution is 2.20. The van der Waals surface area contributed by atoms with Gasteiger partial charge in [0, 0.05) is 18.9 Å². The van der Waals surface area contributed by atoms with Gasteiger partial charge in [0.1, 0.15) is 11.3 Å². The van der Waals surface area contributed by atoms with E-state index in [1.54, 1.807) is 12.4 Å². The third-order valence-corrected chi connectivity index (χ3v) is 3.74. The van der Waals surface area contributed by atoms with Crippen LogP contribution in [0.25, 0.3) is 11.3 Å². The number of carbonyl (C=O) groups is 1. The molecule has 0 amide bonds. The predicted octanol–water partition coefficient (Wildman–Crippen LogP) is 2.10. The first-order chi connectivity index (χ1) is 11.2. The second-order valence-corrected chi connectivity index (χ2v) is 5.31. The number of H-pyrrole nitrogens is 1. The van der Waals surface area contributed by atoms with Crippen LogP contribution in [0, 0.1) is 0 Å². The molecule has 0 radical (unpaired) electrons. The van der Waals surface area contributed by atoms with Gasteiger partial charge in [-0.15, -0.1) is 0 Å². The van der Waals surface area contributed by atoms with Crippen LogP contribution in [-0.2, 0) is 17.7 Å². The Labute approximate surface area is 133 Å². The van der Waals surface area contributed by atoms with Crippen molar-refractivity contribution in [2.45, 2.75) is 19.4 Å². The molecule has 23 heavy (non-hydrogen) atoms. The highest BCUT2D eigenvalue weighted by molar-refractivity contribution is 5.95. The van der Waals surface area contributed by atoms with E-state index in [4.69, 9.17) is 4.74 Å². The molecular formula is C17H17N3O3. The normalized spacial score (nSPS) is 10.8. The summed E-state index contributed by atoms with van der Waals surface area (Å²) in [5, 5.41) is 6.28. The fraction of sp³-hybridized carbons (Fsp3) is 0.235. The van der Waals surface area contributed by atoms with Crippen LogP contribution >= 0.6 is 0 Å². The van der Waals surface area contributed by atoms with Crippen molar-refractivity contribution in [2.24, 2.45) is 0 Å². The van der Waals surface area contributed by atoms with E-state index >= 15 is 0 Å². The van der Waals surface area contributed by atoms with E-state index in [0.29, 0.717) is 23.4 Å². The van der Waals surface area contributed by atoms with Crippen molar-refractivity contribution in [3.05, 3.63) is 64.2 Å². The molecule has 6 nitrogen and oxygen atoms in total. The molecule has 0 saturated carbocycles. The standard InChI is InChI=1S/C17H17N3O3/c1-23-17(22)14-11-20(10-13-15(14)18-19-16(13)21)9-5-8-12-6-3-2-4-7-12/h2-4,6-7,10-11H,5,8-9H2,1H3,(H,19,21). The summed E-state index contributed by atoms with van der Waals surface area (Å²) in [6.45, 7) is 0.694. The summed E-state index contributed by atoms with van der Waals surface area (Å²) in [7, 11) is 1.31. The molecule has 0 aromatic heterocycles. The molecule has 0 aliphatic carbocycles. The fourth-order valence-electron chi connectivity index (χ4n) is 2.59. The van der Waals surface area contributed by atoms with Gasteiger partial charge >= 0.3 is 5.97 Å². The molecule has 2 heterocycles. The van der Waals surface area contributed by atoms with E-state index in [0.717, 1.165) is 12.8 Å². The van der Waals surface area contributed by atoms with E-state index in [1.165, 1.54) is 12.7 Å². The number of nitrogens with zero attached hydrogens (tertiary/aromatic N) is 2. The van der Waals surface area contributed by atoms with Gasteiger partial charge in [-0.3, -0.25) is 4.79 Å². The predicted molar refractivity (Wildman–Crippen MR) is 85.6 cm³/mol. The first kappa shape index (κ1) is 15.0. The SMILES string of the molecule is COC(=O)c1cn(CCCc2ccccc2)cc2c(=O)[nH]nc1-2. The van der Waals surface area contributed by atoms with Crippen LogP contribution in [0.4, 0.5) is 0 Å². The monoisotopic (exact) mass is 311 g/mol. The number of esters is 1. The molecule has 2 aliphatic heterocycles. The molecule has 0 spiro atoms. The summed E-state index contributed by atoms with van der Waals surface area (Å²) in [5.74, 6) is -0.501. The summed E-state index contributed by atoms with van der Waals surface area (Å²) in [6, 6.07) is 10.2. The molecule has 0 unspecified atom stereocenters. The number of rotatable bonds is 5. The van der Waals surface area contributed by atoms with Crippen molar-refractivity contribution in [3.8, 4) is 11.3 Å². The van der Waals surface area contributed by atoms with Gasteiger partial charge in [0.05, 0.1) is 12.7 Å². The fourth-order valence-corrected chi connectivity index (χ4v) is 2.59. The van der Waals surface area contributed by atoms with Crippen molar-refractivity contribution < 1.29 is 9.53 Å². The maximum Gasteiger partial charge on any atom is 0.341 e. The number of hydrogen-bond donors (Lipinski definition) is 1. The van der Waals surface area contributed by atoms with Gasteiger partial charge < -0.3 is 9.30 Å². The van der Waals surface area contributed by atoms with E-state index in [9.17, 15) is 9.59 Å². The summed E-state index contributed by atoms with van der Waals surface area (Å²) >= 11 is 0. The number of carbonyl (C=O) groups excluding carboxylic acids is 1. The van der Waals surface area contributed by atoms with E-state index in [2.05, 4.69) is 22.3 Å². The zero-order chi connectivity index (χ0) is 16.2. The molecule has 1 aromatic carbocycles. The maximum absolute atomic E-state index is 11.9. The van der Waals surface area contributed by atoms with Crippen LogP contribution in [0.2, 0.25) is 0 Å². The van der Waals surface area contributed by atoms with Crippen molar-refractivity contribution in [1.82, 2.24) is 14.8 Å². The number of benzene rings is 1. The Balaban J connectivity index is 1.83. The number of aromatic amines is 1. The average molecular weight is 311 g/mol. The Bertz CT molecular complexity index is 836. The largest absolute Gasteiger partial charge is 0.465 e. The molecule has 3 rings (SSSR count). The van der Waals surface area contributed by atoms with Crippen molar-refractivity contribution >= 4 is 5.97 Å². The van der Waals surface area contributed by atoms with Crippen molar-refractivity contribution in [1.29, 1.82) is 0 Å². The maximum atomic E-state index is 11.9. The molecule has 0 saturated heterocycles. The molecule has 0 atom stereocenters. The van der Waals surface area contributed by atoms with Crippen LogP contribution < -0.4 is 5.56 Å². The lowest BCUT2D eigenvalue weighted by Crippen LogP contribution is -2.12. The molecule has 0 bridgehead atoms. The lowest BCUT2D eigenvalue weighted by Gasteiger charge is -2.11. The van der Waals surface area contributed by atoms with Gasteiger partial charge in [0.2, 0.25) is 0 Å². The van der Waals surface area contributed by atoms with Crippen LogP contribution in [0.15, 0.2) is 47.5 Å². The second kappa shape index (κ2) is 6.48. The van der Waals surface area contributed by atoms with Crippen LogP contribution in [0.5, 0.6) is 0 Å². The minimum Gasteiger partial charge on any atom is -0.465 e. The highest BCUT2D eigenvalue weighted by Gasteiger charge is 2.21. The Morgan fingerprint density at radius 1 is 1.26 bits per heavy atom. The second-order valence-electron chi connectivity index (χ2n) is 5.31. The van der Waals surface area contributed by atoms with Gasteiger partial charge in [-0.05, 0) is 18.4 Å². The number of fused-ring (bicyclic) bond motifs is 1. The molecule has 1 N–H and O–H groups in total. The number of methoxy groups -OCH3 is 1. The lowest BCUT2D eigenvalue weighted by atomic mass is 10.1. The molecule has 0 fully saturated rings. The smallest absolute Gasteiger partial charge is 0.341 e. The zero-order valence-electron chi connectivity index (χ0n) is 12.8. The summed E-state index contributed by atoms with van der Waals surface area (Å²) in [5.41, 5.74) is 1.99. The number of aryl methyl sites for hydroxylation is 2. The summed E-state index contributed by atoms with van der Waals surface area (Å²) in [6.07, 6.45) is 5.22. The van der Waals surface area contributed by atoms with Gasteiger partial charge in [0.25, 0.3) is 5.56 Å². The lowest BCUT2D eigenvalue weighted by molar-refractivity contribution is 0.0600. The number of pyridine rings is 1. The molecule has 1 aromatic rings. The zero-order valence-corrected chi connectivity index (χ0v) is 12.8. The number of ether oxygens (including phenoxy) is 1. The number of aromatic nitrogens is 3. The van der Waals surface area contributed by atoms with Gasteiger partial charge in [-0.1, -0.05) is 30.3 Å². The first-order valence-electron chi connectivity index (χ1n) is 7.39. The van der Waals surface area contributed by atoms with Crippen LogP contribution in [-0.4, -0.2) is 27.8 Å².